The molecule has 0 aliphatic heterocycles. The van der Waals surface area contributed by atoms with Gasteiger partial charge in [0.25, 0.3) is 0 Å². The Balaban J connectivity index is 2.79. The molecular weight excluding hydrogens is 194 g/mol. The molecular formula is C12H18ClN. The van der Waals surface area contributed by atoms with E-state index in [0.29, 0.717) is 5.92 Å². The third-order valence-electron chi connectivity index (χ3n) is 2.13. The molecule has 1 aromatic rings. The van der Waals surface area contributed by atoms with E-state index >= 15 is 0 Å². The minimum atomic E-state index is 0.655. The van der Waals surface area contributed by atoms with Gasteiger partial charge in [0.15, 0.2) is 0 Å². The average molecular weight is 212 g/mol. The molecule has 0 atom stereocenters. The lowest BCUT2D eigenvalue weighted by Gasteiger charge is -2.09. The van der Waals surface area contributed by atoms with Gasteiger partial charge in [0.05, 0.1) is 0 Å². The number of hydrogen-bond acceptors (Lipinski definition) is 1. The van der Waals surface area contributed by atoms with Gasteiger partial charge in [0, 0.05) is 11.6 Å². The van der Waals surface area contributed by atoms with Crippen LogP contribution in [0.3, 0.4) is 0 Å². The Morgan fingerprint density at radius 3 is 2.57 bits per heavy atom. The lowest BCUT2D eigenvalue weighted by atomic mass is 10.0. The van der Waals surface area contributed by atoms with Gasteiger partial charge in [-0.25, -0.2) is 0 Å². The van der Waals surface area contributed by atoms with Crippen LogP contribution in [-0.4, -0.2) is 7.05 Å². The van der Waals surface area contributed by atoms with Crippen molar-refractivity contribution < 1.29 is 0 Å². The van der Waals surface area contributed by atoms with E-state index in [0.717, 1.165) is 18.0 Å². The van der Waals surface area contributed by atoms with Gasteiger partial charge in [-0.15, -0.1) is 0 Å². The van der Waals surface area contributed by atoms with Crippen molar-refractivity contribution in [1.82, 2.24) is 5.32 Å². The Morgan fingerprint density at radius 1 is 1.36 bits per heavy atom. The van der Waals surface area contributed by atoms with Crippen LogP contribution in [0, 0.1) is 5.92 Å². The maximum absolute atomic E-state index is 6.18. The summed E-state index contributed by atoms with van der Waals surface area (Å²) in [5.41, 5.74) is 2.49. The first-order valence-electron chi connectivity index (χ1n) is 5.05. The first-order chi connectivity index (χ1) is 6.63. The third kappa shape index (κ3) is 3.32. The summed E-state index contributed by atoms with van der Waals surface area (Å²) >= 11 is 6.18. The summed E-state index contributed by atoms with van der Waals surface area (Å²) in [5, 5.41) is 4.01. The van der Waals surface area contributed by atoms with E-state index in [2.05, 4.69) is 37.4 Å². The molecule has 0 aliphatic rings. The maximum Gasteiger partial charge on any atom is 0.0441 e. The summed E-state index contributed by atoms with van der Waals surface area (Å²) in [4.78, 5) is 0. The molecule has 0 heterocycles. The summed E-state index contributed by atoms with van der Waals surface area (Å²) in [6, 6.07) is 6.32. The highest BCUT2D eigenvalue weighted by Gasteiger charge is 2.03. The Morgan fingerprint density at radius 2 is 2.07 bits per heavy atom. The van der Waals surface area contributed by atoms with Crippen molar-refractivity contribution >= 4 is 11.6 Å². The lowest BCUT2D eigenvalue weighted by Crippen LogP contribution is -2.05. The number of rotatable bonds is 4. The van der Waals surface area contributed by atoms with E-state index in [1.54, 1.807) is 0 Å². The Labute approximate surface area is 91.5 Å². The van der Waals surface area contributed by atoms with Crippen molar-refractivity contribution in [2.45, 2.75) is 26.8 Å². The van der Waals surface area contributed by atoms with Gasteiger partial charge in [0.1, 0.15) is 0 Å². The van der Waals surface area contributed by atoms with Crippen LogP contribution in [0.25, 0.3) is 0 Å². The van der Waals surface area contributed by atoms with Gasteiger partial charge >= 0.3 is 0 Å². The number of benzene rings is 1. The Bertz CT molecular complexity index is 294. The normalized spacial score (nSPS) is 10.9. The minimum Gasteiger partial charge on any atom is -0.316 e. The zero-order valence-electron chi connectivity index (χ0n) is 9.10. The molecule has 1 N–H and O–H groups in total. The van der Waals surface area contributed by atoms with Crippen LogP contribution in [0.15, 0.2) is 18.2 Å². The van der Waals surface area contributed by atoms with Gasteiger partial charge in [0.2, 0.25) is 0 Å². The van der Waals surface area contributed by atoms with Crippen molar-refractivity contribution in [2.24, 2.45) is 5.92 Å². The molecule has 0 amide bonds. The van der Waals surface area contributed by atoms with Crippen LogP contribution >= 0.6 is 11.6 Å². The molecule has 0 aromatic heterocycles. The molecule has 78 valence electrons. The smallest absolute Gasteiger partial charge is 0.0441 e. The second kappa shape index (κ2) is 5.38. The third-order valence-corrected chi connectivity index (χ3v) is 2.48. The molecule has 1 aromatic carbocycles. The van der Waals surface area contributed by atoms with Crippen LogP contribution in [0.5, 0.6) is 0 Å². The highest BCUT2D eigenvalue weighted by Crippen LogP contribution is 2.20. The number of halogens is 1. The zero-order valence-corrected chi connectivity index (χ0v) is 9.86. The SMILES string of the molecule is CNCc1ccc(CC(C)C)c(Cl)c1. The topological polar surface area (TPSA) is 12.0 Å². The molecule has 14 heavy (non-hydrogen) atoms. The van der Waals surface area contributed by atoms with Crippen molar-refractivity contribution in [2.75, 3.05) is 7.05 Å². The van der Waals surface area contributed by atoms with Crippen molar-refractivity contribution in [3.63, 3.8) is 0 Å². The van der Waals surface area contributed by atoms with Gasteiger partial charge in [-0.2, -0.15) is 0 Å². The van der Waals surface area contributed by atoms with Crippen LogP contribution in [0.1, 0.15) is 25.0 Å². The van der Waals surface area contributed by atoms with Crippen LogP contribution in [0.4, 0.5) is 0 Å². The molecule has 0 saturated carbocycles. The zero-order chi connectivity index (χ0) is 10.6. The highest BCUT2D eigenvalue weighted by atomic mass is 35.5. The highest BCUT2D eigenvalue weighted by molar-refractivity contribution is 6.31. The number of nitrogens with one attached hydrogen (secondary N) is 1. The molecule has 0 fully saturated rings. The van der Waals surface area contributed by atoms with Crippen molar-refractivity contribution in [3.8, 4) is 0 Å². The van der Waals surface area contributed by atoms with Crippen molar-refractivity contribution in [1.29, 1.82) is 0 Å². The maximum atomic E-state index is 6.18. The average Bonchev–Trinajstić information content (AvgIpc) is 2.10. The predicted molar refractivity (Wildman–Crippen MR) is 62.8 cm³/mol. The molecule has 0 spiro atoms. The minimum absolute atomic E-state index is 0.655. The van der Waals surface area contributed by atoms with Gasteiger partial charge in [-0.1, -0.05) is 37.6 Å². The van der Waals surface area contributed by atoms with E-state index in [1.165, 1.54) is 11.1 Å². The molecule has 1 rings (SSSR count). The first-order valence-corrected chi connectivity index (χ1v) is 5.43. The first kappa shape index (κ1) is 11.5. The molecule has 2 heteroatoms. The summed E-state index contributed by atoms with van der Waals surface area (Å²) in [6.45, 7) is 5.29. The Kier molecular flexibility index (Phi) is 4.43. The summed E-state index contributed by atoms with van der Waals surface area (Å²) < 4.78 is 0. The van der Waals surface area contributed by atoms with Gasteiger partial charge in [-0.3, -0.25) is 0 Å². The fourth-order valence-electron chi connectivity index (χ4n) is 1.51. The second-order valence-electron chi connectivity index (χ2n) is 4.05. The van der Waals surface area contributed by atoms with Crippen LogP contribution in [-0.2, 0) is 13.0 Å². The van der Waals surface area contributed by atoms with E-state index in [9.17, 15) is 0 Å². The monoisotopic (exact) mass is 211 g/mol. The fraction of sp³-hybridized carbons (Fsp3) is 0.500. The van der Waals surface area contributed by atoms with Crippen molar-refractivity contribution in [3.05, 3.63) is 34.3 Å². The van der Waals surface area contributed by atoms with E-state index in [1.807, 2.05) is 7.05 Å². The Hall–Kier alpha value is -0.530. The molecule has 0 aliphatic carbocycles. The lowest BCUT2D eigenvalue weighted by molar-refractivity contribution is 0.647. The summed E-state index contributed by atoms with van der Waals surface area (Å²) in [5.74, 6) is 0.655. The van der Waals surface area contributed by atoms with Crippen LogP contribution in [0.2, 0.25) is 5.02 Å². The standard InChI is InChI=1S/C12H18ClN/c1-9(2)6-11-5-4-10(8-14-3)7-12(11)13/h4-5,7,9,14H,6,8H2,1-3H3. The summed E-state index contributed by atoms with van der Waals surface area (Å²) in [7, 11) is 1.94. The fourth-order valence-corrected chi connectivity index (χ4v) is 1.79. The molecule has 0 unspecified atom stereocenters. The molecule has 0 bridgehead atoms. The summed E-state index contributed by atoms with van der Waals surface area (Å²) in [6.07, 6.45) is 1.05. The predicted octanol–water partition coefficient (Wildman–Crippen LogP) is 3.26. The van der Waals surface area contributed by atoms with Gasteiger partial charge < -0.3 is 5.32 Å². The van der Waals surface area contributed by atoms with E-state index in [4.69, 9.17) is 11.6 Å². The molecule has 1 nitrogen and oxygen atoms in total. The second-order valence-corrected chi connectivity index (χ2v) is 4.46. The van der Waals surface area contributed by atoms with E-state index < -0.39 is 0 Å². The largest absolute Gasteiger partial charge is 0.316 e. The molecule has 0 saturated heterocycles. The molecule has 0 radical (unpaired) electrons. The van der Waals surface area contributed by atoms with Crippen LogP contribution < -0.4 is 5.32 Å². The van der Waals surface area contributed by atoms with E-state index in [-0.39, 0.29) is 0 Å². The number of hydrogen-bond donors (Lipinski definition) is 1. The quantitative estimate of drug-likeness (QED) is 0.806. The van der Waals surface area contributed by atoms with Gasteiger partial charge in [-0.05, 0) is 36.6 Å².